The van der Waals surface area contributed by atoms with Gasteiger partial charge in [-0.3, -0.25) is 4.79 Å². The SMILES string of the molecule is COC(=O)CCC[C@H]1CC2OC(C)(C)OC2O1. The van der Waals surface area contributed by atoms with E-state index in [1.54, 1.807) is 0 Å². The Morgan fingerprint density at radius 3 is 2.82 bits per heavy atom. The number of methoxy groups -OCH3 is 1. The van der Waals surface area contributed by atoms with E-state index >= 15 is 0 Å². The van der Waals surface area contributed by atoms with Gasteiger partial charge >= 0.3 is 5.97 Å². The molecule has 17 heavy (non-hydrogen) atoms. The minimum Gasteiger partial charge on any atom is -0.469 e. The summed E-state index contributed by atoms with van der Waals surface area (Å²) in [6.45, 7) is 3.78. The Hall–Kier alpha value is -0.650. The lowest BCUT2D eigenvalue weighted by Crippen LogP contribution is -2.24. The molecule has 2 heterocycles. The molecule has 0 saturated carbocycles. The molecule has 3 atom stereocenters. The second-order valence-electron chi connectivity index (χ2n) is 5.00. The number of carbonyl (C=O) groups is 1. The first-order chi connectivity index (χ1) is 8.00. The largest absolute Gasteiger partial charge is 0.469 e. The molecule has 0 spiro atoms. The molecule has 2 aliphatic heterocycles. The first kappa shape index (κ1) is 12.8. The molecule has 2 rings (SSSR count). The molecule has 0 aromatic heterocycles. The molecule has 5 nitrogen and oxygen atoms in total. The quantitative estimate of drug-likeness (QED) is 0.703. The van der Waals surface area contributed by atoms with Crippen LogP contribution in [0.1, 0.15) is 39.5 Å². The van der Waals surface area contributed by atoms with Gasteiger partial charge in [0.25, 0.3) is 0 Å². The average molecular weight is 244 g/mol. The number of esters is 1. The van der Waals surface area contributed by atoms with Gasteiger partial charge in [0.15, 0.2) is 12.1 Å². The van der Waals surface area contributed by atoms with Crippen LogP contribution in [-0.2, 0) is 23.7 Å². The lowest BCUT2D eigenvalue weighted by Gasteiger charge is -2.20. The Kier molecular flexibility index (Phi) is 3.70. The van der Waals surface area contributed by atoms with Crippen LogP contribution < -0.4 is 0 Å². The van der Waals surface area contributed by atoms with Crippen LogP contribution in [0, 0.1) is 0 Å². The predicted octanol–water partition coefficient (Wildman–Crippen LogP) is 1.60. The zero-order valence-electron chi connectivity index (χ0n) is 10.6. The number of carbonyl (C=O) groups excluding carboxylic acids is 1. The minimum atomic E-state index is -0.535. The smallest absolute Gasteiger partial charge is 0.305 e. The first-order valence-corrected chi connectivity index (χ1v) is 6.08. The Morgan fingerprint density at radius 1 is 1.41 bits per heavy atom. The van der Waals surface area contributed by atoms with E-state index in [1.165, 1.54) is 7.11 Å². The predicted molar refractivity (Wildman–Crippen MR) is 59.2 cm³/mol. The van der Waals surface area contributed by atoms with Gasteiger partial charge in [0.2, 0.25) is 0 Å². The van der Waals surface area contributed by atoms with Crippen LogP contribution in [0.5, 0.6) is 0 Å². The van der Waals surface area contributed by atoms with Crippen LogP contribution in [0.15, 0.2) is 0 Å². The lowest BCUT2D eigenvalue weighted by molar-refractivity contribution is -0.205. The highest BCUT2D eigenvalue weighted by atomic mass is 16.8. The Morgan fingerprint density at radius 2 is 2.18 bits per heavy atom. The van der Waals surface area contributed by atoms with Gasteiger partial charge in [-0.15, -0.1) is 0 Å². The van der Waals surface area contributed by atoms with Crippen LogP contribution in [0.2, 0.25) is 0 Å². The summed E-state index contributed by atoms with van der Waals surface area (Å²) in [4.78, 5) is 11.0. The third kappa shape index (κ3) is 3.18. The molecule has 0 aromatic rings. The minimum absolute atomic E-state index is 0.0353. The van der Waals surface area contributed by atoms with Crippen molar-refractivity contribution in [2.75, 3.05) is 7.11 Å². The van der Waals surface area contributed by atoms with Crippen molar-refractivity contribution in [1.82, 2.24) is 0 Å². The maximum atomic E-state index is 11.0. The summed E-state index contributed by atoms with van der Waals surface area (Å²) in [6, 6.07) is 0. The van der Waals surface area contributed by atoms with Crippen molar-refractivity contribution >= 4 is 5.97 Å². The summed E-state index contributed by atoms with van der Waals surface area (Å²) in [5.74, 6) is -0.705. The molecular weight excluding hydrogens is 224 g/mol. The Balaban J connectivity index is 1.69. The van der Waals surface area contributed by atoms with Crippen molar-refractivity contribution < 1.29 is 23.7 Å². The summed E-state index contributed by atoms with van der Waals surface area (Å²) >= 11 is 0. The molecule has 2 unspecified atom stereocenters. The summed E-state index contributed by atoms with van der Waals surface area (Å²) < 4.78 is 21.7. The van der Waals surface area contributed by atoms with Crippen LogP contribution in [0.25, 0.3) is 0 Å². The van der Waals surface area contributed by atoms with Gasteiger partial charge in [-0.05, 0) is 26.7 Å². The molecule has 0 N–H and O–H groups in total. The van der Waals surface area contributed by atoms with Crippen molar-refractivity contribution in [3.63, 3.8) is 0 Å². The molecule has 0 amide bonds. The molecule has 0 bridgehead atoms. The summed E-state index contributed by atoms with van der Waals surface area (Å²) in [5.41, 5.74) is 0. The van der Waals surface area contributed by atoms with Crippen LogP contribution in [0.3, 0.4) is 0 Å². The van der Waals surface area contributed by atoms with E-state index < -0.39 is 5.79 Å². The number of hydrogen-bond acceptors (Lipinski definition) is 5. The number of rotatable bonds is 4. The van der Waals surface area contributed by atoms with Crippen LogP contribution in [0.4, 0.5) is 0 Å². The van der Waals surface area contributed by atoms with E-state index in [0.717, 1.165) is 19.3 Å². The first-order valence-electron chi connectivity index (χ1n) is 6.08. The van der Waals surface area contributed by atoms with Gasteiger partial charge in [0.1, 0.15) is 6.10 Å². The maximum absolute atomic E-state index is 11.0. The zero-order chi connectivity index (χ0) is 12.5. The van der Waals surface area contributed by atoms with Gasteiger partial charge in [0.05, 0.1) is 13.2 Å². The van der Waals surface area contributed by atoms with E-state index in [0.29, 0.717) is 6.42 Å². The molecule has 0 radical (unpaired) electrons. The fourth-order valence-corrected chi connectivity index (χ4v) is 2.34. The van der Waals surface area contributed by atoms with Gasteiger partial charge in [0, 0.05) is 12.8 Å². The average Bonchev–Trinajstić information content (AvgIpc) is 2.70. The molecule has 98 valence electrons. The summed E-state index contributed by atoms with van der Waals surface area (Å²) in [5, 5.41) is 0. The highest BCUT2D eigenvalue weighted by molar-refractivity contribution is 5.68. The van der Waals surface area contributed by atoms with Crippen molar-refractivity contribution in [3.05, 3.63) is 0 Å². The highest BCUT2D eigenvalue weighted by Crippen LogP contribution is 2.38. The normalized spacial score (nSPS) is 34.6. The third-order valence-electron chi connectivity index (χ3n) is 3.10. The standard InChI is InChI=1S/C12H20O5/c1-12(2)16-9-7-8(15-11(9)17-12)5-4-6-10(13)14-3/h8-9,11H,4-7H2,1-3H3/t8-,9?,11?/m0/s1. The monoisotopic (exact) mass is 244 g/mol. The van der Waals surface area contributed by atoms with Gasteiger partial charge in [-0.25, -0.2) is 0 Å². The summed E-state index contributed by atoms with van der Waals surface area (Å²) in [6.07, 6.45) is 2.83. The van der Waals surface area contributed by atoms with E-state index in [9.17, 15) is 4.79 Å². The molecule has 5 heteroatoms. The number of hydrogen-bond donors (Lipinski definition) is 0. The fraction of sp³-hybridized carbons (Fsp3) is 0.917. The van der Waals surface area contributed by atoms with E-state index in [-0.39, 0.29) is 24.5 Å². The lowest BCUT2D eigenvalue weighted by atomic mass is 10.1. The van der Waals surface area contributed by atoms with E-state index in [2.05, 4.69) is 4.74 Å². The number of ether oxygens (including phenoxy) is 4. The second kappa shape index (κ2) is 4.92. The van der Waals surface area contributed by atoms with Crippen LogP contribution in [-0.4, -0.2) is 37.4 Å². The molecule has 2 aliphatic rings. The van der Waals surface area contributed by atoms with Crippen molar-refractivity contribution in [3.8, 4) is 0 Å². The van der Waals surface area contributed by atoms with Crippen LogP contribution >= 0.6 is 0 Å². The second-order valence-corrected chi connectivity index (χ2v) is 5.00. The summed E-state index contributed by atoms with van der Waals surface area (Å²) in [7, 11) is 1.41. The fourth-order valence-electron chi connectivity index (χ4n) is 2.34. The molecular formula is C12H20O5. The topological polar surface area (TPSA) is 54.0 Å². The Labute approximate surface area is 101 Å². The number of fused-ring (bicyclic) bond motifs is 1. The van der Waals surface area contributed by atoms with Crippen molar-refractivity contribution in [1.29, 1.82) is 0 Å². The molecule has 2 saturated heterocycles. The maximum Gasteiger partial charge on any atom is 0.305 e. The molecule has 0 aliphatic carbocycles. The van der Waals surface area contributed by atoms with Gasteiger partial charge < -0.3 is 18.9 Å². The molecule has 2 fully saturated rings. The van der Waals surface area contributed by atoms with E-state index in [1.807, 2.05) is 13.8 Å². The van der Waals surface area contributed by atoms with Gasteiger partial charge in [-0.2, -0.15) is 0 Å². The van der Waals surface area contributed by atoms with Crippen molar-refractivity contribution in [2.45, 2.75) is 63.8 Å². The highest BCUT2D eigenvalue weighted by Gasteiger charge is 2.48. The van der Waals surface area contributed by atoms with Crippen molar-refractivity contribution in [2.24, 2.45) is 0 Å². The van der Waals surface area contributed by atoms with Gasteiger partial charge in [-0.1, -0.05) is 0 Å². The zero-order valence-corrected chi connectivity index (χ0v) is 10.6. The van der Waals surface area contributed by atoms with E-state index in [4.69, 9.17) is 14.2 Å². The third-order valence-corrected chi connectivity index (χ3v) is 3.10. The molecule has 0 aromatic carbocycles. The Bertz CT molecular complexity index is 273.